The first-order chi connectivity index (χ1) is 9.49. The molecular weight excluding hydrogens is 250 g/mol. The molecule has 0 aliphatic heterocycles. The SMILES string of the molecule is COCC(C)N(C)c1ccc(CNC(C)C)cc1C#N. The predicted molar refractivity (Wildman–Crippen MR) is 82.9 cm³/mol. The molecule has 0 amide bonds. The molecule has 0 saturated carbocycles. The number of hydrogen-bond acceptors (Lipinski definition) is 4. The predicted octanol–water partition coefficient (Wildman–Crippen LogP) is 2.53. The molecule has 1 N–H and O–H groups in total. The van der Waals surface area contributed by atoms with E-state index in [1.807, 2.05) is 19.2 Å². The maximum absolute atomic E-state index is 9.35. The first-order valence-electron chi connectivity index (χ1n) is 6.97. The Labute approximate surface area is 122 Å². The Hall–Kier alpha value is -1.57. The average Bonchev–Trinajstić information content (AvgIpc) is 2.44. The van der Waals surface area contributed by atoms with Gasteiger partial charge in [0.1, 0.15) is 6.07 Å². The first kappa shape index (κ1) is 16.5. The lowest BCUT2D eigenvalue weighted by Crippen LogP contribution is -2.33. The highest BCUT2D eigenvalue weighted by Gasteiger charge is 2.14. The summed E-state index contributed by atoms with van der Waals surface area (Å²) in [5, 5.41) is 12.7. The number of nitrogens with one attached hydrogen (secondary N) is 1. The maximum Gasteiger partial charge on any atom is 0.101 e. The van der Waals surface area contributed by atoms with Crippen LogP contribution in [0.1, 0.15) is 31.9 Å². The summed E-state index contributed by atoms with van der Waals surface area (Å²) in [5.74, 6) is 0. The quantitative estimate of drug-likeness (QED) is 0.830. The molecule has 0 spiro atoms. The summed E-state index contributed by atoms with van der Waals surface area (Å²) in [6.07, 6.45) is 0. The third kappa shape index (κ3) is 4.52. The van der Waals surface area contributed by atoms with Gasteiger partial charge in [-0.15, -0.1) is 0 Å². The molecule has 0 heterocycles. The second-order valence-corrected chi connectivity index (χ2v) is 5.41. The molecule has 0 bridgehead atoms. The van der Waals surface area contributed by atoms with E-state index >= 15 is 0 Å². The molecule has 1 rings (SSSR count). The minimum absolute atomic E-state index is 0.228. The lowest BCUT2D eigenvalue weighted by molar-refractivity contribution is 0.183. The van der Waals surface area contributed by atoms with Gasteiger partial charge in [-0.2, -0.15) is 5.26 Å². The number of benzene rings is 1. The standard InChI is InChI=1S/C16H25N3O/c1-12(2)18-10-14-6-7-16(15(8-14)9-17)19(4)13(3)11-20-5/h6-8,12-13,18H,10-11H2,1-5H3. The lowest BCUT2D eigenvalue weighted by atomic mass is 10.1. The van der Waals surface area contributed by atoms with E-state index in [2.05, 4.69) is 43.1 Å². The van der Waals surface area contributed by atoms with Crippen molar-refractivity contribution in [2.24, 2.45) is 0 Å². The van der Waals surface area contributed by atoms with Gasteiger partial charge < -0.3 is 15.0 Å². The molecule has 0 radical (unpaired) electrons. The third-order valence-electron chi connectivity index (χ3n) is 3.34. The molecule has 0 aromatic heterocycles. The smallest absolute Gasteiger partial charge is 0.101 e. The highest BCUT2D eigenvalue weighted by Crippen LogP contribution is 2.22. The van der Waals surface area contributed by atoms with Crippen molar-refractivity contribution in [3.8, 4) is 6.07 Å². The van der Waals surface area contributed by atoms with Crippen LogP contribution in [0.25, 0.3) is 0 Å². The molecule has 4 heteroatoms. The van der Waals surface area contributed by atoms with Crippen molar-refractivity contribution in [1.29, 1.82) is 5.26 Å². The van der Waals surface area contributed by atoms with Crippen molar-refractivity contribution in [2.75, 3.05) is 25.7 Å². The topological polar surface area (TPSA) is 48.3 Å². The van der Waals surface area contributed by atoms with Gasteiger partial charge in [-0.25, -0.2) is 0 Å². The van der Waals surface area contributed by atoms with E-state index < -0.39 is 0 Å². The number of nitrogens with zero attached hydrogens (tertiary/aromatic N) is 2. The van der Waals surface area contributed by atoms with Gasteiger partial charge in [-0.1, -0.05) is 19.9 Å². The molecule has 1 atom stereocenters. The Bertz CT molecular complexity index is 465. The molecule has 1 unspecified atom stereocenters. The summed E-state index contributed by atoms with van der Waals surface area (Å²) < 4.78 is 5.17. The Morgan fingerprint density at radius 3 is 2.60 bits per heavy atom. The second kappa shape index (κ2) is 7.88. The molecule has 0 aliphatic rings. The van der Waals surface area contributed by atoms with Crippen LogP contribution in [-0.2, 0) is 11.3 Å². The highest BCUT2D eigenvalue weighted by molar-refractivity contribution is 5.60. The van der Waals surface area contributed by atoms with Crippen LogP contribution in [-0.4, -0.2) is 32.8 Å². The van der Waals surface area contributed by atoms with Crippen LogP contribution in [0.4, 0.5) is 5.69 Å². The molecule has 1 aromatic carbocycles. The van der Waals surface area contributed by atoms with E-state index in [0.717, 1.165) is 17.8 Å². The minimum atomic E-state index is 0.228. The van der Waals surface area contributed by atoms with Gasteiger partial charge in [0.25, 0.3) is 0 Å². The molecule has 4 nitrogen and oxygen atoms in total. The average molecular weight is 275 g/mol. The van der Waals surface area contributed by atoms with Crippen LogP contribution >= 0.6 is 0 Å². The normalized spacial score (nSPS) is 12.2. The van der Waals surface area contributed by atoms with E-state index in [0.29, 0.717) is 18.2 Å². The maximum atomic E-state index is 9.35. The molecule has 0 aliphatic carbocycles. The molecular formula is C16H25N3O. The van der Waals surface area contributed by atoms with Gasteiger partial charge in [0.2, 0.25) is 0 Å². The first-order valence-corrected chi connectivity index (χ1v) is 6.97. The van der Waals surface area contributed by atoms with Crippen molar-refractivity contribution in [2.45, 2.75) is 39.4 Å². The van der Waals surface area contributed by atoms with E-state index in [1.165, 1.54) is 0 Å². The summed E-state index contributed by atoms with van der Waals surface area (Å²) >= 11 is 0. The minimum Gasteiger partial charge on any atom is -0.383 e. The monoisotopic (exact) mass is 275 g/mol. The number of rotatable bonds is 7. The van der Waals surface area contributed by atoms with Crippen LogP contribution in [0.2, 0.25) is 0 Å². The second-order valence-electron chi connectivity index (χ2n) is 5.41. The number of nitriles is 1. The Kier molecular flexibility index (Phi) is 6.50. The van der Waals surface area contributed by atoms with Gasteiger partial charge in [0.05, 0.1) is 17.9 Å². The highest BCUT2D eigenvalue weighted by atomic mass is 16.5. The number of anilines is 1. The van der Waals surface area contributed by atoms with Crippen molar-refractivity contribution in [3.63, 3.8) is 0 Å². The molecule has 1 aromatic rings. The van der Waals surface area contributed by atoms with E-state index in [1.54, 1.807) is 7.11 Å². The van der Waals surface area contributed by atoms with Crippen molar-refractivity contribution in [3.05, 3.63) is 29.3 Å². The number of likely N-dealkylation sites (N-methyl/N-ethyl adjacent to an activating group) is 1. The van der Waals surface area contributed by atoms with E-state index in [-0.39, 0.29) is 6.04 Å². The van der Waals surface area contributed by atoms with Crippen LogP contribution in [0, 0.1) is 11.3 Å². The van der Waals surface area contributed by atoms with Crippen molar-refractivity contribution in [1.82, 2.24) is 5.32 Å². The van der Waals surface area contributed by atoms with Gasteiger partial charge in [-0.05, 0) is 24.6 Å². The zero-order valence-electron chi connectivity index (χ0n) is 13.1. The summed E-state index contributed by atoms with van der Waals surface area (Å²) in [6.45, 7) is 7.72. The Balaban J connectivity index is 2.90. The fraction of sp³-hybridized carbons (Fsp3) is 0.562. The van der Waals surface area contributed by atoms with E-state index in [9.17, 15) is 5.26 Å². The number of ether oxygens (including phenoxy) is 1. The molecule has 0 saturated heterocycles. The zero-order valence-corrected chi connectivity index (χ0v) is 13.1. The van der Waals surface area contributed by atoms with Gasteiger partial charge in [0.15, 0.2) is 0 Å². The van der Waals surface area contributed by atoms with E-state index in [4.69, 9.17) is 4.74 Å². The molecule has 110 valence electrons. The largest absolute Gasteiger partial charge is 0.383 e. The summed E-state index contributed by atoms with van der Waals surface area (Å²) in [7, 11) is 3.68. The van der Waals surface area contributed by atoms with Crippen LogP contribution in [0.15, 0.2) is 18.2 Å². The summed E-state index contributed by atoms with van der Waals surface area (Å²) in [5.41, 5.74) is 2.79. The Morgan fingerprint density at radius 2 is 2.05 bits per heavy atom. The van der Waals surface area contributed by atoms with Crippen molar-refractivity contribution >= 4 is 5.69 Å². The fourth-order valence-electron chi connectivity index (χ4n) is 2.00. The van der Waals surface area contributed by atoms with Crippen LogP contribution in [0.5, 0.6) is 0 Å². The lowest BCUT2D eigenvalue weighted by Gasteiger charge is -2.27. The van der Waals surface area contributed by atoms with Crippen molar-refractivity contribution < 1.29 is 4.74 Å². The summed E-state index contributed by atoms with van der Waals surface area (Å²) in [6, 6.07) is 9.00. The molecule has 20 heavy (non-hydrogen) atoms. The number of methoxy groups -OCH3 is 1. The van der Waals surface area contributed by atoms with Gasteiger partial charge in [-0.3, -0.25) is 0 Å². The fourth-order valence-corrected chi connectivity index (χ4v) is 2.00. The van der Waals surface area contributed by atoms with Crippen LogP contribution < -0.4 is 10.2 Å². The Morgan fingerprint density at radius 1 is 1.35 bits per heavy atom. The molecule has 0 fully saturated rings. The number of hydrogen-bond donors (Lipinski definition) is 1. The van der Waals surface area contributed by atoms with Crippen LogP contribution in [0.3, 0.4) is 0 Å². The van der Waals surface area contributed by atoms with Gasteiger partial charge >= 0.3 is 0 Å². The summed E-state index contributed by atoms with van der Waals surface area (Å²) in [4.78, 5) is 2.09. The van der Waals surface area contributed by atoms with Gasteiger partial charge in [0, 0.05) is 32.8 Å². The third-order valence-corrected chi connectivity index (χ3v) is 3.34. The zero-order chi connectivity index (χ0) is 15.1.